The number of thiocarbonyl (C=S) groups is 1. The van der Waals surface area contributed by atoms with Crippen LogP contribution in [0.5, 0.6) is 0 Å². The third-order valence-electron chi connectivity index (χ3n) is 1.27. The molecule has 1 rings (SSSR count). The summed E-state index contributed by atoms with van der Waals surface area (Å²) < 4.78 is 0. The first kappa shape index (κ1) is 7.03. The fourth-order valence-electron chi connectivity index (χ4n) is 0.724. The molecule has 0 aromatic heterocycles. The SMILES string of the molecule is S=C1CC=CC=C1CS. The summed E-state index contributed by atoms with van der Waals surface area (Å²) in [4.78, 5) is 1.03. The first-order valence-electron chi connectivity index (χ1n) is 2.84. The van der Waals surface area contributed by atoms with Crippen molar-refractivity contribution >= 4 is 29.7 Å². The molecular weight excluding hydrogens is 148 g/mol. The Labute approximate surface area is 66.1 Å². The highest BCUT2D eigenvalue weighted by Gasteiger charge is 2.02. The van der Waals surface area contributed by atoms with E-state index >= 15 is 0 Å². The molecule has 0 spiro atoms. The lowest BCUT2D eigenvalue weighted by molar-refractivity contribution is 1.43. The molecule has 1 aliphatic rings. The van der Waals surface area contributed by atoms with Gasteiger partial charge in [0.15, 0.2) is 0 Å². The van der Waals surface area contributed by atoms with Gasteiger partial charge >= 0.3 is 0 Å². The minimum absolute atomic E-state index is 0.767. The average molecular weight is 156 g/mol. The fourth-order valence-corrected chi connectivity index (χ4v) is 1.36. The zero-order valence-corrected chi connectivity index (χ0v) is 6.71. The van der Waals surface area contributed by atoms with E-state index in [0.29, 0.717) is 0 Å². The van der Waals surface area contributed by atoms with Gasteiger partial charge in [0.05, 0.1) is 0 Å². The second kappa shape index (κ2) is 3.18. The van der Waals surface area contributed by atoms with Crippen LogP contribution in [-0.2, 0) is 0 Å². The Hall–Kier alpha value is -0.0800. The molecule has 48 valence electrons. The van der Waals surface area contributed by atoms with Gasteiger partial charge in [-0.3, -0.25) is 0 Å². The van der Waals surface area contributed by atoms with Crippen LogP contribution in [0, 0.1) is 0 Å². The van der Waals surface area contributed by atoms with Crippen molar-refractivity contribution in [1.82, 2.24) is 0 Å². The van der Waals surface area contributed by atoms with Crippen LogP contribution in [-0.4, -0.2) is 10.6 Å². The third kappa shape index (κ3) is 1.66. The van der Waals surface area contributed by atoms with Gasteiger partial charge in [0, 0.05) is 17.0 Å². The highest BCUT2D eigenvalue weighted by Crippen LogP contribution is 2.10. The maximum Gasteiger partial charge on any atom is 0.0230 e. The molecule has 0 amide bonds. The molecule has 0 N–H and O–H groups in total. The molecule has 0 nitrogen and oxygen atoms in total. The van der Waals surface area contributed by atoms with Crippen LogP contribution in [0.3, 0.4) is 0 Å². The molecule has 0 aliphatic heterocycles. The van der Waals surface area contributed by atoms with E-state index in [-0.39, 0.29) is 0 Å². The van der Waals surface area contributed by atoms with E-state index in [1.165, 1.54) is 5.57 Å². The minimum Gasteiger partial charge on any atom is -0.175 e. The first-order valence-corrected chi connectivity index (χ1v) is 3.88. The monoisotopic (exact) mass is 156 g/mol. The second-order valence-corrected chi connectivity index (χ2v) is 2.71. The van der Waals surface area contributed by atoms with Crippen LogP contribution in [0.15, 0.2) is 23.8 Å². The van der Waals surface area contributed by atoms with Crippen LogP contribution >= 0.6 is 24.8 Å². The molecule has 0 fully saturated rings. The maximum atomic E-state index is 5.06. The first-order chi connectivity index (χ1) is 4.34. The van der Waals surface area contributed by atoms with Gasteiger partial charge in [0.2, 0.25) is 0 Å². The number of hydrogen-bond acceptors (Lipinski definition) is 2. The van der Waals surface area contributed by atoms with Gasteiger partial charge in [0.1, 0.15) is 0 Å². The predicted molar refractivity (Wildman–Crippen MR) is 48.3 cm³/mol. The molecule has 0 aromatic rings. The van der Waals surface area contributed by atoms with Crippen molar-refractivity contribution in [3.63, 3.8) is 0 Å². The highest BCUT2D eigenvalue weighted by molar-refractivity contribution is 7.82. The van der Waals surface area contributed by atoms with E-state index < -0.39 is 0 Å². The quantitative estimate of drug-likeness (QED) is 0.448. The van der Waals surface area contributed by atoms with Crippen molar-refractivity contribution in [2.75, 3.05) is 5.75 Å². The molecule has 1 aliphatic carbocycles. The minimum atomic E-state index is 0.767. The van der Waals surface area contributed by atoms with Crippen molar-refractivity contribution in [2.45, 2.75) is 6.42 Å². The van der Waals surface area contributed by atoms with Crippen LogP contribution in [0.25, 0.3) is 0 Å². The molecule has 0 saturated carbocycles. The lowest BCUT2D eigenvalue weighted by Gasteiger charge is -2.05. The summed E-state index contributed by atoms with van der Waals surface area (Å²) in [6.45, 7) is 0. The molecule has 0 saturated heterocycles. The highest BCUT2D eigenvalue weighted by atomic mass is 32.1. The summed E-state index contributed by atoms with van der Waals surface area (Å²) in [5.74, 6) is 0.767. The molecule has 0 radical (unpaired) electrons. The van der Waals surface area contributed by atoms with E-state index in [9.17, 15) is 0 Å². The Morgan fingerprint density at radius 1 is 1.67 bits per heavy atom. The standard InChI is InChI=1S/C7H8S2/c8-5-6-3-1-2-4-7(6)9/h1-3,8H,4-5H2. The van der Waals surface area contributed by atoms with E-state index in [1.54, 1.807) is 0 Å². The summed E-state index contributed by atoms with van der Waals surface area (Å²) in [7, 11) is 0. The van der Waals surface area contributed by atoms with Crippen LogP contribution in [0.4, 0.5) is 0 Å². The van der Waals surface area contributed by atoms with Gasteiger partial charge in [-0.1, -0.05) is 30.4 Å². The van der Waals surface area contributed by atoms with Crippen LogP contribution in [0.2, 0.25) is 0 Å². The van der Waals surface area contributed by atoms with E-state index in [0.717, 1.165) is 17.0 Å². The summed E-state index contributed by atoms with van der Waals surface area (Å²) in [6, 6.07) is 0. The molecule has 0 aromatic carbocycles. The molecule has 0 heterocycles. The molecule has 0 bridgehead atoms. The van der Waals surface area contributed by atoms with Crippen molar-refractivity contribution in [1.29, 1.82) is 0 Å². The zero-order valence-electron chi connectivity index (χ0n) is 5.00. The fraction of sp³-hybridized carbons (Fsp3) is 0.286. The second-order valence-electron chi connectivity index (χ2n) is 1.91. The number of hydrogen-bond donors (Lipinski definition) is 1. The third-order valence-corrected chi connectivity index (χ3v) is 2.03. The van der Waals surface area contributed by atoms with Crippen molar-refractivity contribution in [2.24, 2.45) is 0 Å². The van der Waals surface area contributed by atoms with E-state index in [2.05, 4.69) is 18.7 Å². The Morgan fingerprint density at radius 2 is 2.44 bits per heavy atom. The van der Waals surface area contributed by atoms with E-state index in [1.807, 2.05) is 12.2 Å². The van der Waals surface area contributed by atoms with Gasteiger partial charge in [0.25, 0.3) is 0 Å². The smallest absolute Gasteiger partial charge is 0.0230 e. The zero-order chi connectivity index (χ0) is 6.69. The Morgan fingerprint density at radius 3 is 2.89 bits per heavy atom. The number of allylic oxidation sites excluding steroid dienone is 3. The Kier molecular flexibility index (Phi) is 2.49. The van der Waals surface area contributed by atoms with Crippen LogP contribution < -0.4 is 0 Å². The largest absolute Gasteiger partial charge is 0.175 e. The predicted octanol–water partition coefficient (Wildman–Crippen LogP) is 2.17. The maximum absolute atomic E-state index is 5.06. The lowest BCUT2D eigenvalue weighted by atomic mass is 10.1. The summed E-state index contributed by atoms with van der Waals surface area (Å²) >= 11 is 9.19. The van der Waals surface area contributed by atoms with Gasteiger partial charge in [-0.2, -0.15) is 12.6 Å². The lowest BCUT2D eigenvalue weighted by Crippen LogP contribution is -2.01. The van der Waals surface area contributed by atoms with Crippen molar-refractivity contribution in [3.8, 4) is 0 Å². The molecular formula is C7H8S2. The Bertz CT molecular complexity index is 177. The van der Waals surface area contributed by atoms with Crippen molar-refractivity contribution < 1.29 is 0 Å². The van der Waals surface area contributed by atoms with E-state index in [4.69, 9.17) is 12.2 Å². The molecule has 0 unspecified atom stereocenters. The van der Waals surface area contributed by atoms with Gasteiger partial charge in [-0.05, 0) is 5.57 Å². The number of rotatable bonds is 1. The molecule has 9 heavy (non-hydrogen) atoms. The molecule has 0 atom stereocenters. The summed E-state index contributed by atoms with van der Waals surface area (Å²) in [6.07, 6.45) is 7.04. The molecule has 2 heteroatoms. The van der Waals surface area contributed by atoms with Gasteiger partial charge in [-0.25, -0.2) is 0 Å². The average Bonchev–Trinajstić information content (AvgIpc) is 1.89. The van der Waals surface area contributed by atoms with Gasteiger partial charge in [-0.15, -0.1) is 0 Å². The topological polar surface area (TPSA) is 0 Å². The summed E-state index contributed by atoms with van der Waals surface area (Å²) in [5, 5.41) is 0. The Balaban J connectivity index is 2.74. The van der Waals surface area contributed by atoms with Crippen LogP contribution in [0.1, 0.15) is 6.42 Å². The normalized spacial score (nSPS) is 17.9. The number of thiol groups is 1. The van der Waals surface area contributed by atoms with Crippen molar-refractivity contribution in [3.05, 3.63) is 23.8 Å². The summed E-state index contributed by atoms with van der Waals surface area (Å²) in [5.41, 5.74) is 1.19. The van der Waals surface area contributed by atoms with Gasteiger partial charge < -0.3 is 0 Å².